The monoisotopic (exact) mass is 518 g/mol. The van der Waals surface area contributed by atoms with E-state index >= 15 is 0 Å². The van der Waals surface area contributed by atoms with E-state index in [1.165, 1.54) is 0 Å². The lowest BCUT2D eigenvalue weighted by molar-refractivity contribution is -0.143. The zero-order valence-corrected chi connectivity index (χ0v) is 21.8. The molecular formula is C25H38N6O4S. The SMILES string of the molecule is CC[C@H](N)C(=O)N[C@@H]1C(=O)N2[C@@H](CC[C@@H]1CNC(N)=S)CC[C@H]2C(=O)NCCc1ccc(OC)cc1. The summed E-state index contributed by atoms with van der Waals surface area (Å²) in [4.78, 5) is 41.3. The van der Waals surface area contributed by atoms with Crippen LogP contribution in [0.25, 0.3) is 0 Å². The number of hydrogen-bond acceptors (Lipinski definition) is 6. The van der Waals surface area contributed by atoms with Crippen LogP contribution in [0.15, 0.2) is 24.3 Å². The minimum absolute atomic E-state index is 0.0519. The molecule has 3 amide bonds. The van der Waals surface area contributed by atoms with Gasteiger partial charge in [-0.1, -0.05) is 19.1 Å². The number of nitrogens with one attached hydrogen (secondary N) is 3. The van der Waals surface area contributed by atoms with Crippen molar-refractivity contribution in [3.05, 3.63) is 29.8 Å². The van der Waals surface area contributed by atoms with Crippen LogP contribution in [-0.2, 0) is 20.8 Å². The van der Waals surface area contributed by atoms with Crippen molar-refractivity contribution in [2.24, 2.45) is 17.4 Å². The fourth-order valence-electron chi connectivity index (χ4n) is 5.01. The van der Waals surface area contributed by atoms with Crippen molar-refractivity contribution in [1.82, 2.24) is 20.9 Å². The van der Waals surface area contributed by atoms with Crippen LogP contribution < -0.4 is 32.2 Å². The molecule has 10 nitrogen and oxygen atoms in total. The number of benzene rings is 1. The Labute approximate surface area is 217 Å². The molecule has 0 radical (unpaired) electrons. The summed E-state index contributed by atoms with van der Waals surface area (Å²) in [5.74, 6) is -0.250. The van der Waals surface area contributed by atoms with E-state index in [1.807, 2.05) is 31.2 Å². The number of methoxy groups -OCH3 is 1. The maximum atomic E-state index is 13.8. The van der Waals surface area contributed by atoms with E-state index in [0.29, 0.717) is 38.8 Å². The summed E-state index contributed by atoms with van der Waals surface area (Å²) >= 11 is 4.94. The van der Waals surface area contributed by atoms with Crippen LogP contribution in [0.1, 0.15) is 44.6 Å². The van der Waals surface area contributed by atoms with E-state index in [4.69, 9.17) is 28.4 Å². The zero-order chi connectivity index (χ0) is 26.2. The van der Waals surface area contributed by atoms with E-state index in [2.05, 4.69) is 16.0 Å². The molecule has 0 saturated carbocycles. The first-order valence-corrected chi connectivity index (χ1v) is 13.0. The topological polar surface area (TPSA) is 152 Å². The van der Waals surface area contributed by atoms with Crippen LogP contribution in [0, 0.1) is 5.92 Å². The maximum absolute atomic E-state index is 13.8. The van der Waals surface area contributed by atoms with Gasteiger partial charge < -0.3 is 37.1 Å². The summed E-state index contributed by atoms with van der Waals surface area (Å²) in [7, 11) is 1.62. The second kappa shape index (κ2) is 12.9. The van der Waals surface area contributed by atoms with Crippen LogP contribution in [0.4, 0.5) is 0 Å². The molecule has 3 rings (SSSR count). The van der Waals surface area contributed by atoms with Gasteiger partial charge in [0.2, 0.25) is 17.7 Å². The van der Waals surface area contributed by atoms with Crippen LogP contribution in [0.3, 0.4) is 0 Å². The average molecular weight is 519 g/mol. The molecule has 0 spiro atoms. The van der Waals surface area contributed by atoms with Crippen LogP contribution in [0.2, 0.25) is 0 Å². The van der Waals surface area contributed by atoms with Gasteiger partial charge in [-0.05, 0) is 68.4 Å². The predicted octanol–water partition coefficient (Wildman–Crippen LogP) is 0.179. The van der Waals surface area contributed by atoms with E-state index in [-0.39, 0.29) is 34.8 Å². The quantitative estimate of drug-likeness (QED) is 0.275. The average Bonchev–Trinajstić information content (AvgIpc) is 3.25. The summed E-state index contributed by atoms with van der Waals surface area (Å²) in [6.07, 6.45) is 3.87. The molecule has 1 aromatic rings. The third kappa shape index (κ3) is 6.85. The number of carbonyl (C=O) groups is 3. The smallest absolute Gasteiger partial charge is 0.246 e. The van der Waals surface area contributed by atoms with Crippen LogP contribution in [0.5, 0.6) is 5.75 Å². The fraction of sp³-hybridized carbons (Fsp3) is 0.600. The molecule has 11 heteroatoms. The molecule has 5 atom stereocenters. The Hall–Kier alpha value is -2.92. The third-order valence-corrected chi connectivity index (χ3v) is 7.30. The molecule has 0 unspecified atom stereocenters. The molecule has 2 aliphatic heterocycles. The van der Waals surface area contributed by atoms with Crippen molar-refractivity contribution < 1.29 is 19.1 Å². The highest BCUT2D eigenvalue weighted by Crippen LogP contribution is 2.34. The number of rotatable bonds is 10. The molecule has 198 valence electrons. The van der Waals surface area contributed by atoms with Crippen LogP contribution in [-0.4, -0.2) is 72.1 Å². The predicted molar refractivity (Wildman–Crippen MR) is 141 cm³/mol. The van der Waals surface area contributed by atoms with Gasteiger partial charge in [-0.3, -0.25) is 14.4 Å². The van der Waals surface area contributed by atoms with Crippen molar-refractivity contribution in [2.75, 3.05) is 20.2 Å². The zero-order valence-electron chi connectivity index (χ0n) is 21.0. The van der Waals surface area contributed by atoms with Gasteiger partial charge in [0.05, 0.1) is 13.2 Å². The lowest BCUT2D eigenvalue weighted by atomic mass is 9.93. The molecule has 1 aromatic carbocycles. The molecule has 0 aliphatic carbocycles. The number of hydrogen-bond donors (Lipinski definition) is 5. The number of ether oxygens (including phenoxy) is 1. The Kier molecular flexibility index (Phi) is 9.89. The number of thiocarbonyl (C=S) groups is 1. The van der Waals surface area contributed by atoms with E-state index in [9.17, 15) is 14.4 Å². The highest BCUT2D eigenvalue weighted by Gasteiger charge is 2.47. The highest BCUT2D eigenvalue weighted by atomic mass is 32.1. The second-order valence-electron chi connectivity index (χ2n) is 9.47. The number of nitrogens with two attached hydrogens (primary N) is 2. The van der Waals surface area contributed by atoms with Crippen molar-refractivity contribution in [3.63, 3.8) is 0 Å². The van der Waals surface area contributed by atoms with Gasteiger partial charge in [-0.15, -0.1) is 0 Å². The summed E-state index contributed by atoms with van der Waals surface area (Å²) in [5, 5.41) is 8.92. The van der Waals surface area contributed by atoms with E-state index in [1.54, 1.807) is 12.0 Å². The number of nitrogens with zero attached hydrogens (tertiary/aromatic N) is 1. The summed E-state index contributed by atoms with van der Waals surface area (Å²) in [6, 6.07) is 5.55. The second-order valence-corrected chi connectivity index (χ2v) is 9.90. The van der Waals surface area contributed by atoms with Gasteiger partial charge in [0.15, 0.2) is 5.11 Å². The van der Waals surface area contributed by atoms with Gasteiger partial charge >= 0.3 is 0 Å². The van der Waals surface area contributed by atoms with Gasteiger partial charge in [0.25, 0.3) is 0 Å². The Balaban J connectivity index is 1.69. The first-order chi connectivity index (χ1) is 17.2. The Morgan fingerprint density at radius 3 is 2.50 bits per heavy atom. The van der Waals surface area contributed by atoms with Crippen molar-refractivity contribution in [3.8, 4) is 5.75 Å². The van der Waals surface area contributed by atoms with Gasteiger partial charge in [0, 0.05) is 25.0 Å². The molecule has 2 aliphatic rings. The standard InChI is InChI=1S/C25H38N6O4S/c1-3-19(26)22(32)30-21-16(14-29-25(27)36)6-7-17-8-11-20(31(17)24(21)34)23(33)28-13-12-15-4-9-18(35-2)10-5-15/h4-5,9-10,16-17,19-21H,3,6-8,11-14,26H2,1-2H3,(H,28,33)(H,30,32)(H3,27,29,36)/t16-,17+,19+,20+,21+/m1/s1. The Morgan fingerprint density at radius 1 is 1.17 bits per heavy atom. The molecule has 0 bridgehead atoms. The molecule has 2 saturated heterocycles. The molecule has 7 N–H and O–H groups in total. The first kappa shape index (κ1) is 27.7. The number of amides is 3. The van der Waals surface area contributed by atoms with Crippen molar-refractivity contribution >= 4 is 35.1 Å². The summed E-state index contributed by atoms with van der Waals surface area (Å²) in [5.41, 5.74) is 12.6. The minimum Gasteiger partial charge on any atom is -0.497 e. The van der Waals surface area contributed by atoms with Crippen LogP contribution >= 0.6 is 12.2 Å². The summed E-state index contributed by atoms with van der Waals surface area (Å²) < 4.78 is 5.18. The van der Waals surface area contributed by atoms with Gasteiger partial charge in [-0.25, -0.2) is 0 Å². The van der Waals surface area contributed by atoms with Gasteiger partial charge in [0.1, 0.15) is 17.8 Å². The van der Waals surface area contributed by atoms with E-state index in [0.717, 1.165) is 24.2 Å². The Morgan fingerprint density at radius 2 is 1.86 bits per heavy atom. The lowest BCUT2D eigenvalue weighted by Gasteiger charge is -2.32. The normalized spacial score (nSPS) is 24.3. The fourth-order valence-corrected chi connectivity index (χ4v) is 5.09. The van der Waals surface area contributed by atoms with Crippen molar-refractivity contribution in [2.45, 2.75) is 69.6 Å². The van der Waals surface area contributed by atoms with Gasteiger partial charge in [-0.2, -0.15) is 0 Å². The lowest BCUT2D eigenvalue weighted by Crippen LogP contribution is -2.59. The molecular weight excluding hydrogens is 480 g/mol. The summed E-state index contributed by atoms with van der Waals surface area (Å²) in [6.45, 7) is 2.63. The Bertz CT molecular complexity index is 943. The van der Waals surface area contributed by atoms with E-state index < -0.39 is 18.1 Å². The minimum atomic E-state index is -0.811. The highest BCUT2D eigenvalue weighted by molar-refractivity contribution is 7.80. The number of carbonyl (C=O) groups excluding carboxylic acids is 3. The third-order valence-electron chi connectivity index (χ3n) is 7.15. The maximum Gasteiger partial charge on any atom is 0.246 e. The molecule has 2 fully saturated rings. The number of fused-ring (bicyclic) bond motifs is 1. The molecule has 0 aromatic heterocycles. The molecule has 36 heavy (non-hydrogen) atoms. The molecule has 2 heterocycles. The van der Waals surface area contributed by atoms with Crippen molar-refractivity contribution in [1.29, 1.82) is 0 Å². The largest absolute Gasteiger partial charge is 0.497 e. The first-order valence-electron chi connectivity index (χ1n) is 12.6.